The maximum Gasteiger partial charge on any atom is 0.351 e. The third-order valence-electron chi connectivity index (χ3n) is 3.44. The molecule has 2 aromatic rings. The number of rotatable bonds is 7. The van der Waals surface area contributed by atoms with Gasteiger partial charge in [-0.3, -0.25) is 9.59 Å². The largest absolute Gasteiger partial charge is 0.466 e. The van der Waals surface area contributed by atoms with Crippen molar-refractivity contribution in [1.29, 1.82) is 0 Å². The molecule has 134 valence electrons. The van der Waals surface area contributed by atoms with Crippen molar-refractivity contribution >= 4 is 35.4 Å². The van der Waals surface area contributed by atoms with Crippen molar-refractivity contribution < 1.29 is 23.9 Å². The molecule has 2 rings (SSSR count). The number of allylic oxidation sites excluding steroid dienone is 1. The van der Waals surface area contributed by atoms with Crippen LogP contribution in [0.5, 0.6) is 0 Å². The van der Waals surface area contributed by atoms with Gasteiger partial charge in [-0.25, -0.2) is 4.79 Å². The summed E-state index contributed by atoms with van der Waals surface area (Å²) in [5.74, 6) is -2.01. The smallest absolute Gasteiger partial charge is 0.351 e. The second-order valence-corrected chi connectivity index (χ2v) is 5.71. The van der Waals surface area contributed by atoms with Gasteiger partial charge in [-0.05, 0) is 23.8 Å². The average molecular weight is 373 g/mol. The molecule has 0 amide bonds. The minimum Gasteiger partial charge on any atom is -0.466 e. The van der Waals surface area contributed by atoms with E-state index in [1.54, 1.807) is 54.6 Å². The molecule has 0 aromatic heterocycles. The second kappa shape index (κ2) is 9.53. The summed E-state index contributed by atoms with van der Waals surface area (Å²) in [4.78, 5) is 35.8. The molecule has 0 aliphatic rings. The van der Waals surface area contributed by atoms with E-state index in [1.165, 1.54) is 19.3 Å². The molecule has 0 bridgehead atoms. The van der Waals surface area contributed by atoms with Crippen molar-refractivity contribution in [1.82, 2.24) is 0 Å². The van der Waals surface area contributed by atoms with Crippen LogP contribution in [0.1, 0.15) is 23.7 Å². The molecule has 0 aliphatic heterocycles. The average Bonchev–Trinajstić information content (AvgIpc) is 2.65. The number of ketones is 1. The molecule has 0 radical (unpaired) electrons. The number of ether oxygens (including phenoxy) is 2. The summed E-state index contributed by atoms with van der Waals surface area (Å²) in [6, 6.07) is 15.4. The Balaban J connectivity index is 2.00. The Hall–Kier alpha value is -2.92. The van der Waals surface area contributed by atoms with Gasteiger partial charge in [-0.15, -0.1) is 0 Å². The van der Waals surface area contributed by atoms with E-state index in [-0.39, 0.29) is 0 Å². The molecular formula is C20H17ClO5. The zero-order valence-electron chi connectivity index (χ0n) is 14.1. The Morgan fingerprint density at radius 2 is 1.69 bits per heavy atom. The standard InChI is InChI=1S/C20H17ClO5/c1-25-20(24)19(15-8-3-2-4-9-15)26-18(23)13-16(22)12-11-14-7-5-6-10-17(14)21/h2-12,19H,13H2,1H3. The summed E-state index contributed by atoms with van der Waals surface area (Å²) < 4.78 is 9.80. The lowest BCUT2D eigenvalue weighted by atomic mass is 10.1. The molecule has 0 aliphatic carbocycles. The fraction of sp³-hybridized carbons (Fsp3) is 0.150. The van der Waals surface area contributed by atoms with Crippen molar-refractivity contribution in [2.75, 3.05) is 7.11 Å². The van der Waals surface area contributed by atoms with Crippen LogP contribution in [-0.2, 0) is 23.9 Å². The maximum atomic E-state index is 12.0. The van der Waals surface area contributed by atoms with E-state index >= 15 is 0 Å². The number of hydrogen-bond acceptors (Lipinski definition) is 5. The van der Waals surface area contributed by atoms with Gasteiger partial charge in [0.15, 0.2) is 5.78 Å². The van der Waals surface area contributed by atoms with E-state index in [0.29, 0.717) is 16.1 Å². The van der Waals surface area contributed by atoms with Gasteiger partial charge in [0.2, 0.25) is 6.10 Å². The van der Waals surface area contributed by atoms with E-state index < -0.39 is 30.2 Å². The van der Waals surface area contributed by atoms with E-state index in [2.05, 4.69) is 4.74 Å². The molecule has 0 N–H and O–H groups in total. The molecule has 2 aromatic carbocycles. The summed E-state index contributed by atoms with van der Waals surface area (Å²) in [6.45, 7) is 0. The number of hydrogen-bond donors (Lipinski definition) is 0. The first-order valence-electron chi connectivity index (χ1n) is 7.79. The van der Waals surface area contributed by atoms with Crippen molar-refractivity contribution in [3.05, 3.63) is 76.8 Å². The summed E-state index contributed by atoms with van der Waals surface area (Å²) in [5, 5.41) is 0.494. The van der Waals surface area contributed by atoms with E-state index in [4.69, 9.17) is 16.3 Å². The van der Waals surface area contributed by atoms with Gasteiger partial charge in [0.05, 0.1) is 7.11 Å². The predicted octanol–water partition coefficient (Wildman–Crippen LogP) is 3.77. The van der Waals surface area contributed by atoms with Gasteiger partial charge < -0.3 is 9.47 Å². The molecule has 5 nitrogen and oxygen atoms in total. The Morgan fingerprint density at radius 1 is 1.04 bits per heavy atom. The fourth-order valence-corrected chi connectivity index (χ4v) is 2.35. The van der Waals surface area contributed by atoms with E-state index in [0.717, 1.165) is 0 Å². The van der Waals surface area contributed by atoms with E-state index in [9.17, 15) is 14.4 Å². The maximum absolute atomic E-state index is 12.0. The summed E-state index contributed by atoms with van der Waals surface area (Å²) in [7, 11) is 1.20. The summed E-state index contributed by atoms with van der Waals surface area (Å²) >= 11 is 6.00. The van der Waals surface area contributed by atoms with Gasteiger partial charge in [0.1, 0.15) is 6.42 Å². The van der Waals surface area contributed by atoms with Crippen LogP contribution in [0, 0.1) is 0 Å². The molecule has 0 fully saturated rings. The first kappa shape index (κ1) is 19.4. The number of benzene rings is 2. The fourth-order valence-electron chi connectivity index (χ4n) is 2.15. The van der Waals surface area contributed by atoms with Crippen molar-refractivity contribution in [2.45, 2.75) is 12.5 Å². The molecule has 6 heteroatoms. The van der Waals surface area contributed by atoms with Gasteiger partial charge in [-0.1, -0.05) is 60.1 Å². The molecule has 0 spiro atoms. The first-order chi connectivity index (χ1) is 12.5. The molecule has 1 unspecified atom stereocenters. The number of carbonyl (C=O) groups is 3. The minimum absolute atomic E-state index is 0.465. The highest BCUT2D eigenvalue weighted by Gasteiger charge is 2.26. The Morgan fingerprint density at radius 3 is 2.35 bits per heavy atom. The third kappa shape index (κ3) is 5.57. The van der Waals surface area contributed by atoms with Crippen LogP contribution in [0.25, 0.3) is 6.08 Å². The van der Waals surface area contributed by atoms with Crippen LogP contribution in [0.3, 0.4) is 0 Å². The zero-order chi connectivity index (χ0) is 18.9. The molecule has 0 heterocycles. The van der Waals surface area contributed by atoms with E-state index in [1.807, 2.05) is 0 Å². The highest BCUT2D eigenvalue weighted by Crippen LogP contribution is 2.20. The lowest BCUT2D eigenvalue weighted by molar-refractivity contribution is -0.167. The van der Waals surface area contributed by atoms with Gasteiger partial charge in [-0.2, -0.15) is 0 Å². The molecule has 26 heavy (non-hydrogen) atoms. The van der Waals surface area contributed by atoms with Crippen LogP contribution in [-0.4, -0.2) is 24.8 Å². The van der Waals surface area contributed by atoms with Crippen LogP contribution in [0.4, 0.5) is 0 Å². The number of esters is 2. The number of methoxy groups -OCH3 is 1. The topological polar surface area (TPSA) is 69.7 Å². The lowest BCUT2D eigenvalue weighted by Crippen LogP contribution is -2.22. The van der Waals surface area contributed by atoms with Crippen molar-refractivity contribution in [3.63, 3.8) is 0 Å². The highest BCUT2D eigenvalue weighted by atomic mass is 35.5. The van der Waals surface area contributed by atoms with Crippen LogP contribution in [0.15, 0.2) is 60.7 Å². The van der Waals surface area contributed by atoms with Gasteiger partial charge in [0, 0.05) is 10.6 Å². The van der Waals surface area contributed by atoms with Gasteiger partial charge in [0.25, 0.3) is 0 Å². The van der Waals surface area contributed by atoms with Crippen LogP contribution in [0.2, 0.25) is 5.02 Å². The van der Waals surface area contributed by atoms with Crippen molar-refractivity contribution in [2.24, 2.45) is 0 Å². The normalized spacial score (nSPS) is 11.8. The Kier molecular flexibility index (Phi) is 7.12. The zero-order valence-corrected chi connectivity index (χ0v) is 14.8. The minimum atomic E-state index is -1.21. The van der Waals surface area contributed by atoms with Crippen LogP contribution < -0.4 is 0 Å². The molecule has 1 atom stereocenters. The number of halogens is 1. The first-order valence-corrected chi connectivity index (χ1v) is 8.16. The summed E-state index contributed by atoms with van der Waals surface area (Å²) in [5.41, 5.74) is 1.12. The quantitative estimate of drug-likeness (QED) is 0.420. The predicted molar refractivity (Wildman–Crippen MR) is 97.4 cm³/mol. The molecule has 0 saturated carbocycles. The second-order valence-electron chi connectivity index (χ2n) is 5.30. The Bertz CT molecular complexity index is 814. The SMILES string of the molecule is COC(=O)C(OC(=O)CC(=O)C=Cc1ccccc1Cl)c1ccccc1. The Labute approximate surface area is 156 Å². The van der Waals surface area contributed by atoms with Crippen molar-refractivity contribution in [3.8, 4) is 0 Å². The third-order valence-corrected chi connectivity index (χ3v) is 3.78. The monoisotopic (exact) mass is 372 g/mol. The number of carbonyl (C=O) groups excluding carboxylic acids is 3. The highest BCUT2D eigenvalue weighted by molar-refractivity contribution is 6.32. The van der Waals surface area contributed by atoms with Crippen LogP contribution >= 0.6 is 11.6 Å². The molecular weight excluding hydrogens is 356 g/mol. The molecule has 0 saturated heterocycles. The lowest BCUT2D eigenvalue weighted by Gasteiger charge is -2.15. The summed E-state index contributed by atoms with van der Waals surface area (Å²) in [6.07, 6.45) is 1.06. The van der Waals surface area contributed by atoms with Gasteiger partial charge >= 0.3 is 11.9 Å².